The number of phosphoric acid groups is 1. The van der Waals surface area contributed by atoms with Gasteiger partial charge in [0, 0.05) is 13.0 Å². The van der Waals surface area contributed by atoms with Gasteiger partial charge in [-0.05, 0) is 89.9 Å². The number of carbonyl (C=O) groups is 2. The Morgan fingerprint density at radius 3 is 1.39 bits per heavy atom. The largest absolute Gasteiger partial charge is 0.480 e. The number of ether oxygens (including phenoxy) is 2. The molecular formula is C48H80NO9P. The first-order valence-corrected chi connectivity index (χ1v) is 23.8. The van der Waals surface area contributed by atoms with Crippen LogP contribution in [0.2, 0.25) is 0 Å². The summed E-state index contributed by atoms with van der Waals surface area (Å²) >= 11 is 0. The van der Waals surface area contributed by atoms with Crippen molar-refractivity contribution in [3.8, 4) is 0 Å². The standard InChI is InChI=1S/C48H80NO9P/c1-3-5-7-9-11-13-15-17-19-21-23-24-26-28-30-32-34-36-38-40-47(50)58-45(43-56-59(53,54)57-44-46(49)48(51)52)42-55-41-39-37-35-33-31-29-27-25-22-20-18-16-14-12-10-8-6-4-2/h5-8,11-14,17-20,23-25,27,45-46H,3-4,9-10,15-16,21-22,26,28-44,49H2,1-2H3,(H,51,52)(H,53,54)/b7-5-,8-6-,13-11-,14-12-,19-17-,20-18-,24-23-,27-25-. The maximum absolute atomic E-state index is 12.7. The monoisotopic (exact) mass is 846 g/mol. The van der Waals surface area contributed by atoms with Gasteiger partial charge in [-0.3, -0.25) is 18.6 Å². The molecule has 4 N–H and O–H groups in total. The van der Waals surface area contributed by atoms with Gasteiger partial charge >= 0.3 is 19.8 Å². The fourth-order valence-electron chi connectivity index (χ4n) is 5.47. The van der Waals surface area contributed by atoms with E-state index in [-0.39, 0.29) is 13.0 Å². The van der Waals surface area contributed by atoms with Crippen LogP contribution < -0.4 is 5.73 Å². The van der Waals surface area contributed by atoms with Crippen LogP contribution in [0.4, 0.5) is 0 Å². The van der Waals surface area contributed by atoms with Crippen LogP contribution in [0.25, 0.3) is 0 Å². The topological polar surface area (TPSA) is 155 Å². The molecule has 59 heavy (non-hydrogen) atoms. The van der Waals surface area contributed by atoms with E-state index in [1.54, 1.807) is 0 Å². The predicted octanol–water partition coefficient (Wildman–Crippen LogP) is 12.5. The van der Waals surface area contributed by atoms with Gasteiger partial charge in [-0.1, -0.05) is 156 Å². The van der Waals surface area contributed by atoms with Crippen molar-refractivity contribution in [2.24, 2.45) is 5.73 Å². The lowest BCUT2D eigenvalue weighted by molar-refractivity contribution is -0.154. The summed E-state index contributed by atoms with van der Waals surface area (Å²) in [7, 11) is -4.63. The second kappa shape index (κ2) is 43.0. The van der Waals surface area contributed by atoms with Gasteiger partial charge in [0.1, 0.15) is 12.1 Å². The molecule has 0 aromatic heterocycles. The Kier molecular flexibility index (Phi) is 40.7. The number of esters is 1. The van der Waals surface area contributed by atoms with Crippen LogP contribution in [-0.4, -0.2) is 60.5 Å². The molecule has 3 unspecified atom stereocenters. The average Bonchev–Trinajstić information content (AvgIpc) is 3.21. The first-order chi connectivity index (χ1) is 28.7. The van der Waals surface area contributed by atoms with Gasteiger partial charge in [0.25, 0.3) is 0 Å². The number of carboxylic acids is 1. The number of carbonyl (C=O) groups excluding carboxylic acids is 1. The molecule has 0 spiro atoms. The van der Waals surface area contributed by atoms with Crippen LogP contribution in [0.1, 0.15) is 155 Å². The molecule has 336 valence electrons. The number of aliphatic carboxylic acids is 1. The van der Waals surface area contributed by atoms with Crippen LogP contribution in [0.15, 0.2) is 97.2 Å². The van der Waals surface area contributed by atoms with Crippen LogP contribution in [-0.2, 0) is 32.7 Å². The summed E-state index contributed by atoms with van der Waals surface area (Å²) in [6.45, 7) is 3.57. The van der Waals surface area contributed by atoms with Crippen molar-refractivity contribution in [2.75, 3.05) is 26.4 Å². The lowest BCUT2D eigenvalue weighted by Crippen LogP contribution is -2.34. The Balaban J connectivity index is 4.32. The average molecular weight is 846 g/mol. The highest BCUT2D eigenvalue weighted by atomic mass is 31.2. The minimum atomic E-state index is -4.63. The van der Waals surface area contributed by atoms with Crippen molar-refractivity contribution in [3.05, 3.63) is 97.2 Å². The summed E-state index contributed by atoms with van der Waals surface area (Å²) in [6, 6.07) is -1.48. The smallest absolute Gasteiger partial charge is 0.472 e. The van der Waals surface area contributed by atoms with Crippen molar-refractivity contribution >= 4 is 19.8 Å². The quantitative estimate of drug-likeness (QED) is 0.0234. The van der Waals surface area contributed by atoms with E-state index in [9.17, 15) is 19.0 Å². The number of carboxylic acid groups (broad SMARTS) is 1. The Morgan fingerprint density at radius 2 is 0.932 bits per heavy atom. The molecule has 0 saturated carbocycles. The fourth-order valence-corrected chi connectivity index (χ4v) is 6.24. The van der Waals surface area contributed by atoms with E-state index < -0.39 is 45.1 Å². The van der Waals surface area contributed by atoms with Crippen LogP contribution in [0.3, 0.4) is 0 Å². The summed E-state index contributed by atoms with van der Waals surface area (Å²) in [4.78, 5) is 33.6. The summed E-state index contributed by atoms with van der Waals surface area (Å²) in [6.07, 6.45) is 56.0. The van der Waals surface area contributed by atoms with Gasteiger partial charge in [-0.15, -0.1) is 0 Å². The summed E-state index contributed by atoms with van der Waals surface area (Å²) in [5.41, 5.74) is 5.36. The van der Waals surface area contributed by atoms with Crippen molar-refractivity contribution in [1.29, 1.82) is 0 Å². The van der Waals surface area contributed by atoms with Crippen LogP contribution in [0, 0.1) is 0 Å². The van der Waals surface area contributed by atoms with E-state index in [1.165, 1.54) is 0 Å². The van der Waals surface area contributed by atoms with Crippen molar-refractivity contribution in [3.63, 3.8) is 0 Å². The third-order valence-corrected chi connectivity index (χ3v) is 9.81. The van der Waals surface area contributed by atoms with E-state index in [0.29, 0.717) is 13.0 Å². The molecule has 0 radical (unpaired) electrons. The number of rotatable bonds is 41. The lowest BCUT2D eigenvalue weighted by Gasteiger charge is -2.20. The molecule has 0 saturated heterocycles. The van der Waals surface area contributed by atoms with E-state index in [2.05, 4.69) is 111 Å². The highest BCUT2D eigenvalue weighted by Crippen LogP contribution is 2.43. The van der Waals surface area contributed by atoms with Crippen molar-refractivity contribution < 1.29 is 42.7 Å². The molecule has 0 fully saturated rings. The Labute approximate surface area is 358 Å². The summed E-state index contributed by atoms with van der Waals surface area (Å²) in [5, 5.41) is 8.91. The minimum Gasteiger partial charge on any atom is -0.480 e. The fraction of sp³-hybridized carbons (Fsp3) is 0.625. The molecular weight excluding hydrogens is 766 g/mol. The maximum atomic E-state index is 12.7. The highest BCUT2D eigenvalue weighted by Gasteiger charge is 2.27. The molecule has 0 aliphatic rings. The van der Waals surface area contributed by atoms with Gasteiger partial charge in [-0.25, -0.2) is 4.57 Å². The molecule has 0 aliphatic carbocycles. The lowest BCUT2D eigenvalue weighted by atomic mass is 10.1. The first kappa shape index (κ1) is 55.9. The maximum Gasteiger partial charge on any atom is 0.472 e. The molecule has 0 heterocycles. The Hall–Kier alpha value is -3.11. The van der Waals surface area contributed by atoms with Crippen LogP contribution in [0.5, 0.6) is 0 Å². The van der Waals surface area contributed by atoms with Crippen molar-refractivity contribution in [2.45, 2.75) is 167 Å². The molecule has 0 rings (SSSR count). The second-order valence-electron chi connectivity index (χ2n) is 14.4. The zero-order valence-electron chi connectivity index (χ0n) is 36.6. The van der Waals surface area contributed by atoms with Gasteiger partial charge < -0.3 is 25.2 Å². The molecule has 0 bridgehead atoms. The second-order valence-corrected chi connectivity index (χ2v) is 15.9. The zero-order chi connectivity index (χ0) is 43.3. The number of unbranched alkanes of at least 4 members (excludes halogenated alkanes) is 11. The first-order valence-electron chi connectivity index (χ1n) is 22.3. The molecule has 0 aromatic rings. The van der Waals surface area contributed by atoms with Gasteiger partial charge in [0.05, 0.1) is 19.8 Å². The van der Waals surface area contributed by atoms with E-state index in [4.69, 9.17) is 29.4 Å². The van der Waals surface area contributed by atoms with Gasteiger partial charge in [-0.2, -0.15) is 0 Å². The minimum absolute atomic E-state index is 0.00844. The number of hydrogen-bond donors (Lipinski definition) is 3. The van der Waals surface area contributed by atoms with Crippen molar-refractivity contribution in [1.82, 2.24) is 0 Å². The zero-order valence-corrected chi connectivity index (χ0v) is 37.4. The normalized spacial score (nSPS) is 14.8. The van der Waals surface area contributed by atoms with E-state index >= 15 is 0 Å². The number of allylic oxidation sites excluding steroid dienone is 16. The van der Waals surface area contributed by atoms with E-state index in [1.807, 2.05) is 0 Å². The van der Waals surface area contributed by atoms with Gasteiger partial charge in [0.2, 0.25) is 0 Å². The molecule has 3 atom stereocenters. The van der Waals surface area contributed by atoms with Gasteiger partial charge in [0.15, 0.2) is 0 Å². The highest BCUT2D eigenvalue weighted by molar-refractivity contribution is 7.47. The summed E-state index contributed by atoms with van der Waals surface area (Å²) < 4.78 is 33.4. The predicted molar refractivity (Wildman–Crippen MR) is 244 cm³/mol. The molecule has 0 aromatic carbocycles. The molecule has 11 heteroatoms. The number of nitrogens with two attached hydrogens (primary N) is 1. The molecule has 0 aliphatic heterocycles. The Bertz CT molecular complexity index is 1300. The third kappa shape index (κ3) is 42.8. The SMILES string of the molecule is CC/C=C\C/C=C\C/C=C\C/C=C\CCCCCCCCC(=O)OC(COCCCCCCC/C=C\C/C=C\C/C=C\C/C=C\CC)COP(=O)(O)OCC(N)C(=O)O. The number of phosphoric ester groups is 1. The third-order valence-electron chi connectivity index (χ3n) is 8.86. The van der Waals surface area contributed by atoms with Crippen LogP contribution >= 0.6 is 7.82 Å². The van der Waals surface area contributed by atoms with E-state index in [0.717, 1.165) is 128 Å². The summed E-state index contributed by atoms with van der Waals surface area (Å²) in [5.74, 6) is -1.81. The molecule has 10 nitrogen and oxygen atoms in total. The number of hydrogen-bond acceptors (Lipinski definition) is 8. The molecule has 0 amide bonds. The Morgan fingerprint density at radius 1 is 0.542 bits per heavy atom.